The molecular weight excluding hydrogens is 218 g/mol. The largest absolute Gasteiger partial charge is 0.480 e. The smallest absolute Gasteiger partial charge is 0.324 e. The lowest BCUT2D eigenvalue weighted by molar-refractivity contribution is -0.144. The van der Waals surface area contributed by atoms with Gasteiger partial charge in [0.15, 0.2) is 5.15 Å². The number of aryl methyl sites for hydroxylation is 1. The summed E-state index contributed by atoms with van der Waals surface area (Å²) in [6.07, 6.45) is 0.644. The third kappa shape index (κ3) is 1.52. The van der Waals surface area contributed by atoms with Crippen LogP contribution in [-0.2, 0) is 17.8 Å². The molecule has 1 unspecified atom stereocenters. The van der Waals surface area contributed by atoms with E-state index in [9.17, 15) is 4.79 Å². The summed E-state index contributed by atoms with van der Waals surface area (Å²) >= 11 is 5.91. The molecule has 2 rings (SSSR count). The molecule has 0 spiro atoms. The Labute approximate surface area is 91.9 Å². The zero-order valence-corrected chi connectivity index (χ0v) is 9.08. The first-order valence-corrected chi connectivity index (χ1v) is 5.05. The lowest BCUT2D eigenvalue weighted by Crippen LogP contribution is -2.53. The minimum absolute atomic E-state index is 0.238. The zero-order valence-electron chi connectivity index (χ0n) is 8.33. The predicted octanol–water partition coefficient (Wildman–Crippen LogP) is 0.573. The Morgan fingerprint density at radius 1 is 1.73 bits per heavy atom. The Hall–Kier alpha value is -1.07. The predicted molar refractivity (Wildman–Crippen MR) is 54.8 cm³/mol. The molecule has 1 aromatic heterocycles. The molecule has 1 aromatic rings. The molecule has 0 bridgehead atoms. The first kappa shape index (κ1) is 10.4. The molecule has 0 saturated heterocycles. The molecule has 5 nitrogen and oxygen atoms in total. The van der Waals surface area contributed by atoms with Crippen molar-refractivity contribution in [2.45, 2.75) is 31.8 Å². The number of nitrogens with two attached hydrogens (primary N) is 1. The summed E-state index contributed by atoms with van der Waals surface area (Å²) < 4.78 is 1.93. The highest BCUT2D eigenvalue weighted by molar-refractivity contribution is 6.30. The van der Waals surface area contributed by atoms with Crippen molar-refractivity contribution < 1.29 is 9.90 Å². The van der Waals surface area contributed by atoms with E-state index < -0.39 is 11.5 Å². The Balaban J connectivity index is 2.42. The molecule has 0 fully saturated rings. The number of carboxylic acids is 1. The molecule has 15 heavy (non-hydrogen) atoms. The van der Waals surface area contributed by atoms with Gasteiger partial charge in [0.2, 0.25) is 0 Å². The fourth-order valence-electron chi connectivity index (χ4n) is 1.92. The maximum atomic E-state index is 11.0. The molecule has 0 aromatic carbocycles. The van der Waals surface area contributed by atoms with Crippen LogP contribution in [0.2, 0.25) is 5.15 Å². The van der Waals surface area contributed by atoms with Crippen LogP contribution in [0.25, 0.3) is 0 Å². The number of nitrogens with zero attached hydrogens (tertiary/aromatic N) is 2. The van der Waals surface area contributed by atoms with Gasteiger partial charge in [-0.25, -0.2) is 4.98 Å². The molecule has 0 saturated carbocycles. The first-order chi connectivity index (χ1) is 6.94. The van der Waals surface area contributed by atoms with Crippen LogP contribution in [0.4, 0.5) is 0 Å². The van der Waals surface area contributed by atoms with Crippen LogP contribution >= 0.6 is 11.6 Å². The number of imidazole rings is 1. The van der Waals surface area contributed by atoms with Gasteiger partial charge in [0.05, 0.1) is 5.69 Å². The fourth-order valence-corrected chi connectivity index (χ4v) is 2.21. The second-order valence-corrected chi connectivity index (χ2v) is 4.29. The van der Waals surface area contributed by atoms with Crippen molar-refractivity contribution in [3.63, 3.8) is 0 Å². The topological polar surface area (TPSA) is 81.1 Å². The van der Waals surface area contributed by atoms with Gasteiger partial charge in [-0.3, -0.25) is 4.79 Å². The molecule has 0 amide bonds. The Bertz CT molecular complexity index is 429. The van der Waals surface area contributed by atoms with E-state index in [1.807, 2.05) is 11.5 Å². The van der Waals surface area contributed by atoms with Gasteiger partial charge in [-0.1, -0.05) is 11.6 Å². The highest BCUT2D eigenvalue weighted by Crippen LogP contribution is 2.28. The fraction of sp³-hybridized carbons (Fsp3) is 0.556. The number of carboxylic acid groups (broad SMARTS) is 1. The number of aliphatic carboxylic acids is 1. The Kier molecular flexibility index (Phi) is 2.24. The van der Waals surface area contributed by atoms with Gasteiger partial charge in [0.1, 0.15) is 11.4 Å². The summed E-state index contributed by atoms with van der Waals surface area (Å²) in [4.78, 5) is 15.1. The monoisotopic (exact) mass is 229 g/mol. The Morgan fingerprint density at radius 2 is 2.40 bits per heavy atom. The van der Waals surface area contributed by atoms with Crippen molar-refractivity contribution in [1.82, 2.24) is 9.55 Å². The van der Waals surface area contributed by atoms with Gasteiger partial charge in [0, 0.05) is 13.0 Å². The number of carbonyl (C=O) groups is 1. The standard InChI is InChI=1S/C9H12ClN3O2/c1-5-12-7(10)6-4-9(11,8(14)15)2-3-13(5)6/h2-4,11H2,1H3,(H,14,15). The summed E-state index contributed by atoms with van der Waals surface area (Å²) in [6, 6.07) is 0. The van der Waals surface area contributed by atoms with E-state index in [0.29, 0.717) is 18.1 Å². The van der Waals surface area contributed by atoms with Gasteiger partial charge < -0.3 is 15.4 Å². The zero-order chi connectivity index (χ0) is 11.2. The lowest BCUT2D eigenvalue weighted by atomic mass is 9.88. The average molecular weight is 230 g/mol. The van der Waals surface area contributed by atoms with E-state index in [0.717, 1.165) is 11.5 Å². The minimum atomic E-state index is -1.20. The number of halogens is 1. The maximum Gasteiger partial charge on any atom is 0.324 e. The summed E-state index contributed by atoms with van der Waals surface area (Å²) in [5, 5.41) is 9.39. The molecule has 82 valence electrons. The molecular formula is C9H12ClN3O2. The van der Waals surface area contributed by atoms with Crippen molar-refractivity contribution >= 4 is 17.6 Å². The van der Waals surface area contributed by atoms with Crippen molar-refractivity contribution in [2.75, 3.05) is 0 Å². The SMILES string of the molecule is Cc1nc(Cl)c2n1CCC(N)(C(=O)O)C2. The number of rotatable bonds is 1. The second-order valence-electron chi connectivity index (χ2n) is 3.94. The van der Waals surface area contributed by atoms with Crippen LogP contribution in [0.5, 0.6) is 0 Å². The van der Waals surface area contributed by atoms with Crippen LogP contribution in [0.3, 0.4) is 0 Å². The average Bonchev–Trinajstić information content (AvgIpc) is 2.42. The molecule has 3 N–H and O–H groups in total. The van der Waals surface area contributed by atoms with Gasteiger partial charge >= 0.3 is 5.97 Å². The molecule has 1 aliphatic heterocycles. The van der Waals surface area contributed by atoms with E-state index in [4.69, 9.17) is 22.4 Å². The third-order valence-electron chi connectivity index (χ3n) is 2.90. The van der Waals surface area contributed by atoms with Crippen molar-refractivity contribution in [3.05, 3.63) is 16.7 Å². The van der Waals surface area contributed by atoms with E-state index in [1.165, 1.54) is 0 Å². The van der Waals surface area contributed by atoms with Crippen LogP contribution in [-0.4, -0.2) is 26.2 Å². The van der Waals surface area contributed by atoms with E-state index in [-0.39, 0.29) is 6.42 Å². The summed E-state index contributed by atoms with van der Waals surface area (Å²) in [6.45, 7) is 2.41. The van der Waals surface area contributed by atoms with Crippen LogP contribution in [0, 0.1) is 6.92 Å². The summed E-state index contributed by atoms with van der Waals surface area (Å²) in [7, 11) is 0. The van der Waals surface area contributed by atoms with Crippen LogP contribution in [0.15, 0.2) is 0 Å². The molecule has 1 atom stereocenters. The molecule has 6 heteroatoms. The highest BCUT2D eigenvalue weighted by atomic mass is 35.5. The molecule has 1 aliphatic rings. The number of fused-ring (bicyclic) bond motifs is 1. The van der Waals surface area contributed by atoms with E-state index in [1.54, 1.807) is 0 Å². The maximum absolute atomic E-state index is 11.0. The molecule has 0 radical (unpaired) electrons. The van der Waals surface area contributed by atoms with Gasteiger partial charge in [-0.05, 0) is 13.3 Å². The number of hydrogen-bond donors (Lipinski definition) is 2. The normalized spacial score (nSPS) is 25.0. The van der Waals surface area contributed by atoms with Crippen LogP contribution in [0.1, 0.15) is 17.9 Å². The van der Waals surface area contributed by atoms with Gasteiger partial charge in [-0.15, -0.1) is 0 Å². The second kappa shape index (κ2) is 3.21. The van der Waals surface area contributed by atoms with E-state index >= 15 is 0 Å². The summed E-state index contributed by atoms with van der Waals surface area (Å²) in [5.41, 5.74) is 5.32. The molecule has 2 heterocycles. The minimum Gasteiger partial charge on any atom is -0.480 e. The number of aromatic nitrogens is 2. The summed E-state index contributed by atoms with van der Waals surface area (Å²) in [5.74, 6) is -0.175. The quantitative estimate of drug-likeness (QED) is 0.738. The lowest BCUT2D eigenvalue weighted by Gasteiger charge is -2.30. The van der Waals surface area contributed by atoms with E-state index in [2.05, 4.69) is 4.98 Å². The third-order valence-corrected chi connectivity index (χ3v) is 3.21. The highest BCUT2D eigenvalue weighted by Gasteiger charge is 2.39. The van der Waals surface area contributed by atoms with Gasteiger partial charge in [0.25, 0.3) is 0 Å². The molecule has 0 aliphatic carbocycles. The van der Waals surface area contributed by atoms with Crippen molar-refractivity contribution in [1.29, 1.82) is 0 Å². The van der Waals surface area contributed by atoms with Crippen LogP contribution < -0.4 is 5.73 Å². The van der Waals surface area contributed by atoms with Gasteiger partial charge in [-0.2, -0.15) is 0 Å². The number of hydrogen-bond acceptors (Lipinski definition) is 3. The van der Waals surface area contributed by atoms with Crippen molar-refractivity contribution in [3.8, 4) is 0 Å². The first-order valence-electron chi connectivity index (χ1n) is 4.68. The Morgan fingerprint density at radius 3 is 3.00 bits per heavy atom. The van der Waals surface area contributed by atoms with Crippen molar-refractivity contribution in [2.24, 2.45) is 5.73 Å².